The van der Waals surface area contributed by atoms with Gasteiger partial charge in [-0.1, -0.05) is 24.6 Å². The highest BCUT2D eigenvalue weighted by molar-refractivity contribution is 7.13. The maximum Gasteiger partial charge on any atom is 0.260 e. The van der Waals surface area contributed by atoms with Gasteiger partial charge in [-0.05, 0) is 43.5 Å². The first-order valence-corrected chi connectivity index (χ1v) is 10.6. The summed E-state index contributed by atoms with van der Waals surface area (Å²) in [5, 5.41) is 10.4. The molecule has 1 N–H and O–H groups in total. The molecule has 1 fully saturated rings. The van der Waals surface area contributed by atoms with E-state index in [4.69, 9.17) is 11.6 Å². The molecule has 0 spiro atoms. The van der Waals surface area contributed by atoms with Crippen LogP contribution in [0.3, 0.4) is 0 Å². The van der Waals surface area contributed by atoms with Crippen LogP contribution < -0.4 is 5.32 Å². The van der Waals surface area contributed by atoms with Crippen LogP contribution in [0.15, 0.2) is 42.0 Å². The van der Waals surface area contributed by atoms with Gasteiger partial charge in [0.2, 0.25) is 0 Å². The number of benzene rings is 1. The van der Waals surface area contributed by atoms with E-state index in [9.17, 15) is 4.79 Å². The van der Waals surface area contributed by atoms with Gasteiger partial charge >= 0.3 is 0 Å². The van der Waals surface area contributed by atoms with Crippen molar-refractivity contribution in [2.45, 2.75) is 26.3 Å². The van der Waals surface area contributed by atoms with E-state index in [1.165, 1.54) is 24.2 Å². The maximum absolute atomic E-state index is 12.5. The van der Waals surface area contributed by atoms with Gasteiger partial charge in [0.1, 0.15) is 0 Å². The highest BCUT2D eigenvalue weighted by Gasteiger charge is 2.18. The van der Waals surface area contributed by atoms with Gasteiger partial charge in [0.25, 0.3) is 5.91 Å². The van der Waals surface area contributed by atoms with Crippen LogP contribution in [0, 0.1) is 5.92 Å². The van der Waals surface area contributed by atoms with E-state index in [2.05, 4.69) is 27.2 Å². The van der Waals surface area contributed by atoms with Crippen LogP contribution in [0.5, 0.6) is 0 Å². The predicted octanol–water partition coefficient (Wildman–Crippen LogP) is 4.47. The number of nitrogens with one attached hydrogen (secondary N) is 1. The number of hydrogen-bond acceptors (Lipinski definition) is 5. The van der Waals surface area contributed by atoms with E-state index in [0.29, 0.717) is 15.7 Å². The summed E-state index contributed by atoms with van der Waals surface area (Å²) in [5.74, 6) is 0.517. The van der Waals surface area contributed by atoms with Gasteiger partial charge < -0.3 is 0 Å². The molecule has 1 saturated heterocycles. The van der Waals surface area contributed by atoms with Crippen molar-refractivity contribution in [3.63, 3.8) is 0 Å². The molecule has 0 saturated carbocycles. The molecule has 0 aliphatic carbocycles. The van der Waals surface area contributed by atoms with Crippen molar-refractivity contribution >= 4 is 34.0 Å². The van der Waals surface area contributed by atoms with Crippen LogP contribution in [-0.4, -0.2) is 38.7 Å². The smallest absolute Gasteiger partial charge is 0.260 e. The van der Waals surface area contributed by atoms with E-state index < -0.39 is 0 Å². The number of nitrogens with zero attached hydrogens (tertiary/aromatic N) is 4. The van der Waals surface area contributed by atoms with Crippen molar-refractivity contribution in [1.82, 2.24) is 19.7 Å². The molecule has 0 bridgehead atoms. The minimum atomic E-state index is -0.222. The molecule has 1 atom stereocenters. The number of halogens is 1. The zero-order valence-electron chi connectivity index (χ0n) is 15.6. The molecular formula is C20H22ClN5OS. The average molecular weight is 416 g/mol. The number of rotatable bonds is 5. The standard InChI is InChI=1S/C20H22ClN5OS/c1-14-4-3-7-25(10-14)12-17-13-28-20(23-17)24-19(27)15-9-22-26(11-15)18-6-2-5-16(21)8-18/h2,5-6,8-9,11,13-14H,3-4,7,10,12H2,1H3,(H,23,24,27). The molecule has 28 heavy (non-hydrogen) atoms. The van der Waals surface area contributed by atoms with Crippen molar-refractivity contribution in [1.29, 1.82) is 0 Å². The Hall–Kier alpha value is -2.22. The lowest BCUT2D eigenvalue weighted by Gasteiger charge is -2.30. The van der Waals surface area contributed by atoms with Crippen molar-refractivity contribution in [3.05, 3.63) is 58.3 Å². The predicted molar refractivity (Wildman–Crippen MR) is 112 cm³/mol. The maximum atomic E-state index is 12.5. The topological polar surface area (TPSA) is 63.1 Å². The zero-order chi connectivity index (χ0) is 19.5. The third-order valence-corrected chi connectivity index (χ3v) is 5.86. The average Bonchev–Trinajstić information content (AvgIpc) is 3.32. The lowest BCUT2D eigenvalue weighted by molar-refractivity contribution is 0.102. The van der Waals surface area contributed by atoms with E-state index >= 15 is 0 Å². The number of amides is 1. The molecular weight excluding hydrogens is 394 g/mol. The summed E-state index contributed by atoms with van der Waals surface area (Å²) in [7, 11) is 0. The van der Waals surface area contributed by atoms with E-state index in [-0.39, 0.29) is 5.91 Å². The Kier molecular flexibility index (Phi) is 5.75. The van der Waals surface area contributed by atoms with E-state index in [0.717, 1.165) is 36.9 Å². The molecule has 8 heteroatoms. The Bertz CT molecular complexity index is 969. The fourth-order valence-corrected chi connectivity index (χ4v) is 4.35. The summed E-state index contributed by atoms with van der Waals surface area (Å²) in [4.78, 5) is 19.5. The van der Waals surface area contributed by atoms with Crippen molar-refractivity contribution < 1.29 is 4.79 Å². The summed E-state index contributed by atoms with van der Waals surface area (Å²) in [6, 6.07) is 7.33. The van der Waals surface area contributed by atoms with Crippen LogP contribution in [0.1, 0.15) is 35.8 Å². The summed E-state index contributed by atoms with van der Waals surface area (Å²) < 4.78 is 1.63. The largest absolute Gasteiger partial charge is 0.298 e. The summed E-state index contributed by atoms with van der Waals surface area (Å²) in [6.45, 7) is 5.36. The van der Waals surface area contributed by atoms with Gasteiger partial charge in [0.15, 0.2) is 5.13 Å². The van der Waals surface area contributed by atoms with Crippen molar-refractivity contribution in [3.8, 4) is 5.69 Å². The first kappa shape index (κ1) is 19.1. The first-order valence-electron chi connectivity index (χ1n) is 9.35. The SMILES string of the molecule is CC1CCCN(Cc2csc(NC(=O)c3cnn(-c4cccc(Cl)c4)c3)n2)C1. The lowest BCUT2D eigenvalue weighted by Crippen LogP contribution is -2.33. The number of carbonyl (C=O) groups is 1. The Morgan fingerprint density at radius 2 is 2.32 bits per heavy atom. The van der Waals surface area contributed by atoms with Crippen LogP contribution in [0.4, 0.5) is 5.13 Å². The Morgan fingerprint density at radius 1 is 1.43 bits per heavy atom. The highest BCUT2D eigenvalue weighted by Crippen LogP contribution is 2.21. The normalized spacial score (nSPS) is 17.6. The third kappa shape index (κ3) is 4.60. The molecule has 0 radical (unpaired) electrons. The molecule has 4 rings (SSSR count). The number of carbonyl (C=O) groups excluding carboxylic acids is 1. The van der Waals surface area contributed by atoms with E-state index in [1.54, 1.807) is 29.2 Å². The fraction of sp³-hybridized carbons (Fsp3) is 0.350. The number of aromatic nitrogens is 3. The van der Waals surface area contributed by atoms with Crippen LogP contribution in [-0.2, 0) is 6.54 Å². The van der Waals surface area contributed by atoms with Gasteiger partial charge in [-0.3, -0.25) is 15.0 Å². The zero-order valence-corrected chi connectivity index (χ0v) is 17.2. The molecule has 1 unspecified atom stereocenters. The number of anilines is 1. The quantitative estimate of drug-likeness (QED) is 0.667. The van der Waals surface area contributed by atoms with Crippen LogP contribution in [0.2, 0.25) is 5.02 Å². The minimum Gasteiger partial charge on any atom is -0.298 e. The third-order valence-electron chi connectivity index (χ3n) is 4.82. The minimum absolute atomic E-state index is 0.222. The van der Waals surface area contributed by atoms with E-state index in [1.807, 2.05) is 17.5 Å². The number of thiazole rings is 1. The van der Waals surface area contributed by atoms with Gasteiger partial charge in [-0.2, -0.15) is 5.10 Å². The molecule has 1 amide bonds. The first-order chi connectivity index (χ1) is 13.6. The summed E-state index contributed by atoms with van der Waals surface area (Å²) in [5.41, 5.74) is 2.28. The van der Waals surface area contributed by atoms with Gasteiger partial charge in [-0.15, -0.1) is 11.3 Å². The molecule has 1 aliphatic rings. The van der Waals surface area contributed by atoms with Gasteiger partial charge in [0.05, 0.1) is 23.1 Å². The Morgan fingerprint density at radius 3 is 3.14 bits per heavy atom. The monoisotopic (exact) mass is 415 g/mol. The second-order valence-electron chi connectivity index (χ2n) is 7.23. The molecule has 1 aliphatic heterocycles. The number of likely N-dealkylation sites (tertiary alicyclic amines) is 1. The molecule has 2 aromatic heterocycles. The number of piperidine rings is 1. The molecule has 1 aromatic carbocycles. The summed E-state index contributed by atoms with van der Waals surface area (Å²) in [6.07, 6.45) is 5.77. The van der Waals surface area contributed by atoms with Gasteiger partial charge in [0, 0.05) is 29.7 Å². The van der Waals surface area contributed by atoms with Crippen LogP contribution in [0.25, 0.3) is 5.69 Å². The van der Waals surface area contributed by atoms with Gasteiger partial charge in [-0.25, -0.2) is 9.67 Å². The Labute approximate surface area is 173 Å². The highest BCUT2D eigenvalue weighted by atomic mass is 35.5. The summed E-state index contributed by atoms with van der Waals surface area (Å²) >= 11 is 7.47. The molecule has 3 aromatic rings. The number of hydrogen-bond donors (Lipinski definition) is 1. The second kappa shape index (κ2) is 8.43. The van der Waals surface area contributed by atoms with Crippen molar-refractivity contribution in [2.24, 2.45) is 5.92 Å². The van der Waals surface area contributed by atoms with Crippen molar-refractivity contribution in [2.75, 3.05) is 18.4 Å². The van der Waals surface area contributed by atoms with Crippen LogP contribution >= 0.6 is 22.9 Å². The molecule has 146 valence electrons. The Balaban J connectivity index is 1.38. The lowest BCUT2D eigenvalue weighted by atomic mass is 10.0. The molecule has 3 heterocycles. The molecule has 6 nitrogen and oxygen atoms in total. The second-order valence-corrected chi connectivity index (χ2v) is 8.53. The fourth-order valence-electron chi connectivity index (χ4n) is 3.47.